The summed E-state index contributed by atoms with van der Waals surface area (Å²) >= 11 is 0. The van der Waals surface area contributed by atoms with Crippen LogP contribution in [0.1, 0.15) is 72.9 Å². The number of ether oxygens (including phenoxy) is 1. The molecule has 4 rings (SSSR count). The predicted molar refractivity (Wildman–Crippen MR) is 109 cm³/mol. The van der Waals surface area contributed by atoms with Crippen LogP contribution in [0.5, 0.6) is 5.75 Å². The van der Waals surface area contributed by atoms with Crippen LogP contribution in [0.4, 0.5) is 17.6 Å². The number of carbonyl (C=O) groups excluding carboxylic acids is 1. The van der Waals surface area contributed by atoms with Crippen LogP contribution in [0.25, 0.3) is 0 Å². The Morgan fingerprint density at radius 1 is 0.906 bits per heavy atom. The van der Waals surface area contributed by atoms with Crippen molar-refractivity contribution in [1.82, 2.24) is 0 Å². The average molecular weight is 445 g/mol. The Kier molecular flexibility index (Phi) is 6.23. The first-order chi connectivity index (χ1) is 15.3. The van der Waals surface area contributed by atoms with Gasteiger partial charge in [-0.1, -0.05) is 13.3 Å². The minimum absolute atomic E-state index is 0.00548. The van der Waals surface area contributed by atoms with Crippen LogP contribution in [0, 0.1) is 52.4 Å². The summed E-state index contributed by atoms with van der Waals surface area (Å²) in [7, 11) is 0. The molecule has 168 valence electrons. The van der Waals surface area contributed by atoms with E-state index in [1.807, 2.05) is 0 Å². The molecule has 2 aromatic rings. The van der Waals surface area contributed by atoms with Gasteiger partial charge in [0.25, 0.3) is 0 Å². The van der Waals surface area contributed by atoms with Gasteiger partial charge in [0, 0.05) is 17.7 Å². The second-order valence-corrected chi connectivity index (χ2v) is 9.07. The molecule has 0 aliphatic heterocycles. The van der Waals surface area contributed by atoms with E-state index in [4.69, 9.17) is 10.00 Å². The van der Waals surface area contributed by atoms with Gasteiger partial charge in [0.2, 0.25) is 0 Å². The van der Waals surface area contributed by atoms with Crippen molar-refractivity contribution < 1.29 is 27.1 Å². The number of hydrogen-bond acceptors (Lipinski definition) is 3. The Morgan fingerprint density at radius 3 is 2.12 bits per heavy atom. The first kappa shape index (κ1) is 22.3. The number of halogens is 4. The molecule has 2 fully saturated rings. The zero-order chi connectivity index (χ0) is 23.0. The van der Waals surface area contributed by atoms with Gasteiger partial charge in [-0.2, -0.15) is 5.26 Å². The molecule has 0 N–H and O–H groups in total. The number of esters is 1. The number of benzene rings is 2. The molecular weight excluding hydrogens is 422 g/mol. The summed E-state index contributed by atoms with van der Waals surface area (Å²) in [4.78, 5) is 12.3. The molecule has 0 saturated heterocycles. The molecule has 32 heavy (non-hydrogen) atoms. The van der Waals surface area contributed by atoms with E-state index in [2.05, 4.69) is 6.92 Å². The summed E-state index contributed by atoms with van der Waals surface area (Å²) in [6, 6.07) is 4.52. The van der Waals surface area contributed by atoms with Crippen molar-refractivity contribution in [1.29, 1.82) is 5.26 Å². The van der Waals surface area contributed by atoms with Crippen LogP contribution in [0.2, 0.25) is 0 Å². The normalized spacial score (nSPS) is 25.0. The number of fused-ring (bicyclic) bond motifs is 1. The van der Waals surface area contributed by atoms with Crippen molar-refractivity contribution in [2.24, 2.45) is 17.8 Å². The third-order valence-corrected chi connectivity index (χ3v) is 6.94. The number of hydrogen-bond donors (Lipinski definition) is 0. The summed E-state index contributed by atoms with van der Waals surface area (Å²) in [5, 5.41) is 8.70. The van der Waals surface area contributed by atoms with E-state index in [-0.39, 0.29) is 11.5 Å². The molecule has 4 unspecified atom stereocenters. The van der Waals surface area contributed by atoms with Crippen LogP contribution >= 0.6 is 0 Å². The van der Waals surface area contributed by atoms with Crippen molar-refractivity contribution >= 4 is 5.97 Å². The van der Waals surface area contributed by atoms with Gasteiger partial charge in [-0.3, -0.25) is 0 Å². The minimum atomic E-state index is -1.20. The molecule has 2 aliphatic rings. The first-order valence-corrected chi connectivity index (χ1v) is 10.9. The minimum Gasteiger partial charge on any atom is -0.423 e. The molecule has 2 saturated carbocycles. The Hall–Kier alpha value is -2.88. The van der Waals surface area contributed by atoms with E-state index in [1.165, 1.54) is 12.5 Å². The quantitative estimate of drug-likeness (QED) is 0.302. The Balaban J connectivity index is 1.52. The van der Waals surface area contributed by atoms with Gasteiger partial charge in [-0.05, 0) is 67.9 Å². The van der Waals surface area contributed by atoms with Crippen molar-refractivity contribution in [2.45, 2.75) is 51.4 Å². The number of rotatable bonds is 3. The molecule has 3 nitrogen and oxygen atoms in total. The predicted octanol–water partition coefficient (Wildman–Crippen LogP) is 6.65. The smallest absolute Gasteiger partial charge is 0.343 e. The lowest BCUT2D eigenvalue weighted by Crippen LogP contribution is -2.30. The maximum absolute atomic E-state index is 14.9. The van der Waals surface area contributed by atoms with Gasteiger partial charge in [0.1, 0.15) is 40.7 Å². The highest BCUT2D eigenvalue weighted by Gasteiger charge is 2.36. The molecule has 7 heteroatoms. The zero-order valence-electron chi connectivity index (χ0n) is 17.6. The van der Waals surface area contributed by atoms with Gasteiger partial charge in [-0.15, -0.1) is 0 Å². The van der Waals surface area contributed by atoms with E-state index < -0.39 is 46.1 Å². The second-order valence-electron chi connectivity index (χ2n) is 9.07. The third-order valence-electron chi connectivity index (χ3n) is 6.94. The Morgan fingerprint density at radius 2 is 1.50 bits per heavy atom. The van der Waals surface area contributed by atoms with Crippen molar-refractivity contribution in [3.63, 3.8) is 0 Å². The van der Waals surface area contributed by atoms with Crippen LogP contribution in [0.3, 0.4) is 0 Å². The summed E-state index contributed by atoms with van der Waals surface area (Å²) in [6.45, 7) is 2.25. The fourth-order valence-corrected chi connectivity index (χ4v) is 5.36. The van der Waals surface area contributed by atoms with Gasteiger partial charge < -0.3 is 4.74 Å². The maximum Gasteiger partial charge on any atom is 0.343 e. The molecule has 0 aromatic heterocycles. The van der Waals surface area contributed by atoms with Gasteiger partial charge in [0.05, 0.1) is 5.56 Å². The second kappa shape index (κ2) is 8.93. The van der Waals surface area contributed by atoms with Crippen LogP contribution in [-0.4, -0.2) is 5.97 Å². The van der Waals surface area contributed by atoms with Crippen molar-refractivity contribution in [2.75, 3.05) is 0 Å². The van der Waals surface area contributed by atoms with Crippen molar-refractivity contribution in [3.05, 3.63) is 64.2 Å². The maximum atomic E-state index is 14.9. The number of carbonyl (C=O) groups is 1. The molecule has 4 atom stereocenters. The van der Waals surface area contributed by atoms with E-state index >= 15 is 0 Å². The molecular formula is C25H23F4NO2. The molecule has 0 bridgehead atoms. The molecule has 0 radical (unpaired) electrons. The molecule has 0 spiro atoms. The summed E-state index contributed by atoms with van der Waals surface area (Å²) in [5.74, 6) is -4.14. The molecule has 0 amide bonds. The Bertz CT molecular complexity index is 1050. The fourth-order valence-electron chi connectivity index (χ4n) is 5.36. The van der Waals surface area contributed by atoms with Gasteiger partial charge in [0.15, 0.2) is 0 Å². The SMILES string of the molecule is CC1CCC2CC(c3c(F)cc(C(=O)Oc4cc(F)c(C#N)c(F)c4)cc3F)CCC2C1. The van der Waals surface area contributed by atoms with E-state index in [0.717, 1.165) is 37.8 Å². The standard InChI is InChI=1S/C25H23F4NO2/c1-13-2-3-15-7-16(5-4-14(15)6-13)24-22(28)8-17(9-23(24)29)25(31)32-18-10-20(26)19(12-30)21(27)11-18/h8-11,13-16H,2-7H2,1H3. The lowest BCUT2D eigenvalue weighted by molar-refractivity contribution is 0.0732. The highest BCUT2D eigenvalue weighted by atomic mass is 19.1. The van der Waals surface area contributed by atoms with E-state index in [0.29, 0.717) is 36.3 Å². The first-order valence-electron chi connectivity index (χ1n) is 10.9. The monoisotopic (exact) mass is 445 g/mol. The summed E-state index contributed by atoms with van der Waals surface area (Å²) in [6.07, 6.45) is 5.77. The molecule has 2 aromatic carbocycles. The lowest BCUT2D eigenvalue weighted by Gasteiger charge is -2.41. The van der Waals surface area contributed by atoms with Crippen molar-refractivity contribution in [3.8, 4) is 11.8 Å². The lowest BCUT2D eigenvalue weighted by atomic mass is 9.64. The topological polar surface area (TPSA) is 50.1 Å². The van der Waals surface area contributed by atoms with Crippen LogP contribution < -0.4 is 4.74 Å². The van der Waals surface area contributed by atoms with E-state index in [9.17, 15) is 22.4 Å². The van der Waals surface area contributed by atoms with E-state index in [1.54, 1.807) is 0 Å². The average Bonchev–Trinajstić information content (AvgIpc) is 2.73. The molecule has 2 aliphatic carbocycles. The zero-order valence-corrected chi connectivity index (χ0v) is 17.6. The third kappa shape index (κ3) is 4.36. The number of nitrogens with zero attached hydrogens (tertiary/aromatic N) is 1. The number of nitriles is 1. The van der Waals surface area contributed by atoms with Gasteiger partial charge >= 0.3 is 5.97 Å². The largest absolute Gasteiger partial charge is 0.423 e. The van der Waals surface area contributed by atoms with Gasteiger partial charge in [-0.25, -0.2) is 22.4 Å². The van der Waals surface area contributed by atoms with Crippen LogP contribution in [0.15, 0.2) is 24.3 Å². The summed E-state index contributed by atoms with van der Waals surface area (Å²) < 4.78 is 62.1. The molecule has 0 heterocycles. The van der Waals surface area contributed by atoms with Crippen LogP contribution in [-0.2, 0) is 0 Å². The fraction of sp³-hybridized carbons (Fsp3) is 0.440. The highest BCUT2D eigenvalue weighted by molar-refractivity contribution is 5.91. The highest BCUT2D eigenvalue weighted by Crippen LogP contribution is 2.48. The summed E-state index contributed by atoms with van der Waals surface area (Å²) in [5.41, 5.74) is -1.21. The Labute approximate surface area is 184 Å².